The van der Waals surface area contributed by atoms with Gasteiger partial charge in [-0.1, -0.05) is 12.1 Å². The number of non-ortho nitro benzene ring substituents is 1. The minimum atomic E-state index is -4.38. The van der Waals surface area contributed by atoms with E-state index in [1.807, 2.05) is 0 Å². The number of benzene rings is 1. The van der Waals surface area contributed by atoms with Crippen molar-refractivity contribution in [3.8, 4) is 0 Å². The summed E-state index contributed by atoms with van der Waals surface area (Å²) in [6.45, 7) is 0.971. The van der Waals surface area contributed by atoms with E-state index in [0.29, 0.717) is 0 Å². The molecule has 0 radical (unpaired) electrons. The molecule has 0 heterocycles. The summed E-state index contributed by atoms with van der Waals surface area (Å²) >= 11 is 0. The van der Waals surface area contributed by atoms with Gasteiger partial charge in [0, 0.05) is 12.1 Å². The van der Waals surface area contributed by atoms with Crippen LogP contribution >= 0.6 is 0 Å². The van der Waals surface area contributed by atoms with E-state index in [1.165, 1.54) is 12.1 Å². The van der Waals surface area contributed by atoms with Crippen LogP contribution in [0, 0.1) is 10.1 Å². The molecule has 0 saturated heterocycles. The van der Waals surface area contributed by atoms with Gasteiger partial charge in [-0.3, -0.25) is 10.1 Å². The van der Waals surface area contributed by atoms with Crippen LogP contribution in [-0.4, -0.2) is 11.1 Å². The highest BCUT2D eigenvalue weighted by molar-refractivity contribution is 5.36. The normalized spacial score (nSPS) is 13.6. The molecule has 15 heavy (non-hydrogen) atoms. The number of rotatable bonds is 2. The molecule has 1 rings (SSSR count). The van der Waals surface area contributed by atoms with Gasteiger partial charge < -0.3 is 0 Å². The predicted octanol–water partition coefficient (Wildman–Crippen LogP) is 3.26. The Balaban J connectivity index is 3.06. The monoisotopic (exact) mass is 219 g/mol. The highest BCUT2D eigenvalue weighted by Crippen LogP contribution is 2.35. The zero-order valence-electron chi connectivity index (χ0n) is 7.78. The summed E-state index contributed by atoms with van der Waals surface area (Å²) in [7, 11) is 0. The van der Waals surface area contributed by atoms with Crippen LogP contribution in [0.1, 0.15) is 18.4 Å². The van der Waals surface area contributed by atoms with Crippen LogP contribution in [0.25, 0.3) is 0 Å². The maximum absolute atomic E-state index is 12.3. The summed E-state index contributed by atoms with van der Waals surface area (Å²) in [6, 6.07) is 4.58. The van der Waals surface area contributed by atoms with Gasteiger partial charge in [-0.2, -0.15) is 13.2 Å². The van der Waals surface area contributed by atoms with Crippen molar-refractivity contribution in [2.75, 3.05) is 0 Å². The molecule has 0 spiro atoms. The van der Waals surface area contributed by atoms with Gasteiger partial charge in [-0.05, 0) is 12.5 Å². The van der Waals surface area contributed by atoms with E-state index in [4.69, 9.17) is 0 Å². The number of nitro groups is 1. The SMILES string of the molecule is C[C@@H](c1cccc([N+](=O)[O-])c1)C(F)(F)F. The van der Waals surface area contributed by atoms with Crippen molar-refractivity contribution in [1.82, 2.24) is 0 Å². The average molecular weight is 219 g/mol. The van der Waals surface area contributed by atoms with Crippen molar-refractivity contribution in [2.45, 2.75) is 19.0 Å². The Hall–Kier alpha value is -1.59. The first kappa shape index (κ1) is 11.5. The molecule has 3 nitrogen and oxygen atoms in total. The van der Waals surface area contributed by atoms with Crippen molar-refractivity contribution < 1.29 is 18.1 Å². The molecule has 0 unspecified atom stereocenters. The summed E-state index contributed by atoms with van der Waals surface area (Å²) in [4.78, 5) is 9.63. The fraction of sp³-hybridized carbons (Fsp3) is 0.333. The maximum atomic E-state index is 12.3. The van der Waals surface area contributed by atoms with Gasteiger partial charge in [0.1, 0.15) is 0 Å². The lowest BCUT2D eigenvalue weighted by molar-refractivity contribution is -0.385. The summed E-state index contributed by atoms with van der Waals surface area (Å²) in [5.41, 5.74) is -0.430. The van der Waals surface area contributed by atoms with Crippen LogP contribution in [0.4, 0.5) is 18.9 Å². The average Bonchev–Trinajstić information content (AvgIpc) is 2.15. The highest BCUT2D eigenvalue weighted by Gasteiger charge is 2.37. The van der Waals surface area contributed by atoms with Gasteiger partial charge in [-0.15, -0.1) is 0 Å². The zero-order valence-corrected chi connectivity index (χ0v) is 7.78. The first-order valence-corrected chi connectivity index (χ1v) is 4.13. The maximum Gasteiger partial charge on any atom is 0.395 e. The Labute approximate surface area is 83.7 Å². The molecular formula is C9H8F3NO2. The van der Waals surface area contributed by atoms with Gasteiger partial charge in [-0.25, -0.2) is 0 Å². The van der Waals surface area contributed by atoms with Crippen molar-refractivity contribution in [1.29, 1.82) is 0 Å². The lowest BCUT2D eigenvalue weighted by atomic mass is 10.0. The second kappa shape index (κ2) is 3.88. The number of halogens is 3. The van der Waals surface area contributed by atoms with Crippen LogP contribution in [0.15, 0.2) is 24.3 Å². The Bertz CT molecular complexity index is 376. The zero-order chi connectivity index (χ0) is 11.6. The number of hydrogen-bond donors (Lipinski definition) is 0. The lowest BCUT2D eigenvalue weighted by Gasteiger charge is -2.15. The second-order valence-corrected chi connectivity index (χ2v) is 3.12. The molecule has 0 aromatic heterocycles. The third-order valence-corrected chi connectivity index (χ3v) is 2.07. The van der Waals surface area contributed by atoms with Gasteiger partial charge in [0.15, 0.2) is 0 Å². The van der Waals surface area contributed by atoms with E-state index >= 15 is 0 Å². The fourth-order valence-corrected chi connectivity index (χ4v) is 1.10. The Morgan fingerprint density at radius 1 is 1.40 bits per heavy atom. The quantitative estimate of drug-likeness (QED) is 0.566. The fourth-order valence-electron chi connectivity index (χ4n) is 1.10. The topological polar surface area (TPSA) is 43.1 Å². The minimum absolute atomic E-state index is 0.100. The highest BCUT2D eigenvalue weighted by atomic mass is 19.4. The lowest BCUT2D eigenvalue weighted by Crippen LogP contribution is -2.17. The molecule has 0 aliphatic rings. The predicted molar refractivity (Wildman–Crippen MR) is 47.6 cm³/mol. The van der Waals surface area contributed by atoms with E-state index in [-0.39, 0.29) is 11.3 Å². The molecule has 1 aromatic carbocycles. The summed E-state index contributed by atoms with van der Waals surface area (Å²) < 4.78 is 36.9. The summed E-state index contributed by atoms with van der Waals surface area (Å²) in [5.74, 6) is -1.70. The first-order chi connectivity index (χ1) is 6.82. The van der Waals surface area contributed by atoms with Crippen molar-refractivity contribution >= 4 is 5.69 Å². The molecule has 6 heteroatoms. The van der Waals surface area contributed by atoms with E-state index in [1.54, 1.807) is 0 Å². The van der Waals surface area contributed by atoms with Crippen LogP contribution in [0.2, 0.25) is 0 Å². The third kappa shape index (κ3) is 2.68. The Kier molecular flexibility index (Phi) is 2.97. The molecule has 82 valence electrons. The molecule has 0 aliphatic carbocycles. The standard InChI is InChI=1S/C9H8F3NO2/c1-6(9(10,11)12)7-3-2-4-8(5-7)13(14)15/h2-6H,1H3/t6-/m0/s1. The number of alkyl halides is 3. The molecule has 1 aromatic rings. The van der Waals surface area contributed by atoms with E-state index < -0.39 is 17.0 Å². The van der Waals surface area contributed by atoms with Gasteiger partial charge in [0.2, 0.25) is 0 Å². The van der Waals surface area contributed by atoms with E-state index in [0.717, 1.165) is 19.1 Å². The van der Waals surface area contributed by atoms with Crippen LogP contribution < -0.4 is 0 Å². The van der Waals surface area contributed by atoms with Gasteiger partial charge >= 0.3 is 6.18 Å². The number of hydrogen-bond acceptors (Lipinski definition) is 2. The van der Waals surface area contributed by atoms with Crippen LogP contribution in [-0.2, 0) is 0 Å². The second-order valence-electron chi connectivity index (χ2n) is 3.12. The van der Waals surface area contributed by atoms with Crippen LogP contribution in [0.3, 0.4) is 0 Å². The molecule has 0 saturated carbocycles. The number of nitrogens with zero attached hydrogens (tertiary/aromatic N) is 1. The van der Waals surface area contributed by atoms with E-state index in [2.05, 4.69) is 0 Å². The molecule has 0 N–H and O–H groups in total. The molecule has 1 atom stereocenters. The van der Waals surface area contributed by atoms with Crippen molar-refractivity contribution in [3.63, 3.8) is 0 Å². The Morgan fingerprint density at radius 3 is 2.47 bits per heavy atom. The van der Waals surface area contributed by atoms with E-state index in [9.17, 15) is 23.3 Å². The van der Waals surface area contributed by atoms with Crippen molar-refractivity contribution in [2.24, 2.45) is 0 Å². The molecule has 0 bridgehead atoms. The van der Waals surface area contributed by atoms with Crippen LogP contribution in [0.5, 0.6) is 0 Å². The first-order valence-electron chi connectivity index (χ1n) is 4.13. The molecular weight excluding hydrogens is 211 g/mol. The summed E-state index contributed by atoms with van der Waals surface area (Å²) in [6.07, 6.45) is -4.38. The smallest absolute Gasteiger partial charge is 0.258 e. The third-order valence-electron chi connectivity index (χ3n) is 2.07. The minimum Gasteiger partial charge on any atom is -0.258 e. The molecule has 0 amide bonds. The molecule has 0 aliphatic heterocycles. The Morgan fingerprint density at radius 2 is 2.00 bits per heavy atom. The summed E-state index contributed by atoms with van der Waals surface area (Å²) in [5, 5.41) is 10.3. The van der Waals surface area contributed by atoms with Gasteiger partial charge in [0.05, 0.1) is 10.8 Å². The van der Waals surface area contributed by atoms with Crippen molar-refractivity contribution in [3.05, 3.63) is 39.9 Å². The number of nitro benzene ring substituents is 1. The van der Waals surface area contributed by atoms with Gasteiger partial charge in [0.25, 0.3) is 5.69 Å². The molecule has 0 fully saturated rings. The largest absolute Gasteiger partial charge is 0.395 e.